The van der Waals surface area contributed by atoms with Crippen LogP contribution in [0.1, 0.15) is 15.9 Å². The summed E-state index contributed by atoms with van der Waals surface area (Å²) in [5.41, 5.74) is 1.86. The first-order valence-electron chi connectivity index (χ1n) is 6.53. The maximum absolute atomic E-state index is 11.9. The molecule has 1 saturated heterocycles. The van der Waals surface area contributed by atoms with E-state index in [0.29, 0.717) is 6.54 Å². The van der Waals surface area contributed by atoms with Gasteiger partial charge in [0.25, 0.3) is 5.91 Å². The zero-order chi connectivity index (χ0) is 12.8. The van der Waals surface area contributed by atoms with Crippen molar-refractivity contribution in [3.05, 3.63) is 35.4 Å². The van der Waals surface area contributed by atoms with Crippen LogP contribution in [0.2, 0.25) is 0 Å². The first kappa shape index (κ1) is 16.0. The van der Waals surface area contributed by atoms with Crippen molar-refractivity contribution in [1.82, 2.24) is 15.5 Å². The highest BCUT2D eigenvalue weighted by atomic mass is 35.5. The molecule has 0 unspecified atom stereocenters. The van der Waals surface area contributed by atoms with Gasteiger partial charge in [0, 0.05) is 44.8 Å². The molecule has 19 heavy (non-hydrogen) atoms. The van der Waals surface area contributed by atoms with Crippen LogP contribution >= 0.6 is 12.4 Å². The van der Waals surface area contributed by atoms with E-state index in [1.807, 2.05) is 31.2 Å². The molecule has 0 aliphatic carbocycles. The second-order valence-corrected chi connectivity index (χ2v) is 4.72. The number of carbonyl (C=O) groups is 1. The number of hydrogen-bond acceptors (Lipinski definition) is 3. The molecule has 1 aliphatic heterocycles. The van der Waals surface area contributed by atoms with Gasteiger partial charge in [0.2, 0.25) is 0 Å². The molecule has 0 bridgehead atoms. The van der Waals surface area contributed by atoms with Gasteiger partial charge in [-0.1, -0.05) is 17.7 Å². The van der Waals surface area contributed by atoms with E-state index < -0.39 is 0 Å². The van der Waals surface area contributed by atoms with Gasteiger partial charge in [0.1, 0.15) is 0 Å². The second kappa shape index (κ2) is 8.15. The largest absolute Gasteiger partial charge is 0.351 e. The van der Waals surface area contributed by atoms with Crippen LogP contribution in [0.15, 0.2) is 24.3 Å². The van der Waals surface area contributed by atoms with Gasteiger partial charge in [-0.25, -0.2) is 0 Å². The smallest absolute Gasteiger partial charge is 0.251 e. The summed E-state index contributed by atoms with van der Waals surface area (Å²) in [5.74, 6) is 0.0221. The summed E-state index contributed by atoms with van der Waals surface area (Å²) in [6.45, 7) is 7.88. The number of carbonyl (C=O) groups excluding carboxylic acids is 1. The van der Waals surface area contributed by atoms with Gasteiger partial charge >= 0.3 is 0 Å². The molecule has 0 atom stereocenters. The molecule has 1 aromatic rings. The molecule has 1 amide bonds. The van der Waals surface area contributed by atoms with E-state index >= 15 is 0 Å². The number of halogens is 1. The molecular formula is C14H22ClN3O. The topological polar surface area (TPSA) is 44.4 Å². The van der Waals surface area contributed by atoms with Crippen molar-refractivity contribution >= 4 is 18.3 Å². The fourth-order valence-corrected chi connectivity index (χ4v) is 2.15. The second-order valence-electron chi connectivity index (χ2n) is 4.72. The molecular weight excluding hydrogens is 262 g/mol. The first-order valence-corrected chi connectivity index (χ1v) is 6.53. The van der Waals surface area contributed by atoms with Crippen molar-refractivity contribution in [2.75, 3.05) is 39.3 Å². The highest BCUT2D eigenvalue weighted by molar-refractivity contribution is 5.94. The zero-order valence-electron chi connectivity index (χ0n) is 11.3. The Balaban J connectivity index is 0.00000180. The van der Waals surface area contributed by atoms with Crippen LogP contribution in [-0.4, -0.2) is 50.1 Å². The fourth-order valence-electron chi connectivity index (χ4n) is 2.15. The van der Waals surface area contributed by atoms with Crippen LogP contribution in [0.3, 0.4) is 0 Å². The lowest BCUT2D eigenvalue weighted by molar-refractivity contribution is 0.0947. The number of aryl methyl sites for hydroxylation is 1. The van der Waals surface area contributed by atoms with Gasteiger partial charge < -0.3 is 10.6 Å². The van der Waals surface area contributed by atoms with E-state index in [1.165, 1.54) is 0 Å². The summed E-state index contributed by atoms with van der Waals surface area (Å²) < 4.78 is 0. The molecule has 1 aromatic carbocycles. The first-order chi connectivity index (χ1) is 8.75. The Hall–Kier alpha value is -1.10. The van der Waals surface area contributed by atoms with E-state index in [4.69, 9.17) is 0 Å². The van der Waals surface area contributed by atoms with Gasteiger partial charge in [-0.05, 0) is 19.1 Å². The van der Waals surface area contributed by atoms with Crippen LogP contribution in [0.4, 0.5) is 0 Å². The van der Waals surface area contributed by atoms with Crippen molar-refractivity contribution in [3.63, 3.8) is 0 Å². The molecule has 0 radical (unpaired) electrons. The molecule has 0 saturated carbocycles. The van der Waals surface area contributed by atoms with E-state index in [0.717, 1.165) is 43.9 Å². The van der Waals surface area contributed by atoms with Gasteiger partial charge in [-0.2, -0.15) is 0 Å². The monoisotopic (exact) mass is 283 g/mol. The quantitative estimate of drug-likeness (QED) is 0.868. The van der Waals surface area contributed by atoms with E-state index in [-0.39, 0.29) is 18.3 Å². The third kappa shape index (κ3) is 5.19. The molecule has 1 fully saturated rings. The number of hydrogen-bond donors (Lipinski definition) is 2. The molecule has 4 nitrogen and oxygen atoms in total. The summed E-state index contributed by atoms with van der Waals surface area (Å²) >= 11 is 0. The number of benzene rings is 1. The minimum atomic E-state index is 0. The minimum Gasteiger partial charge on any atom is -0.351 e. The van der Waals surface area contributed by atoms with Crippen LogP contribution < -0.4 is 10.6 Å². The predicted octanol–water partition coefficient (Wildman–Crippen LogP) is 1.05. The van der Waals surface area contributed by atoms with Gasteiger partial charge in [0.05, 0.1) is 0 Å². The maximum Gasteiger partial charge on any atom is 0.251 e. The van der Waals surface area contributed by atoms with Crippen molar-refractivity contribution < 1.29 is 4.79 Å². The predicted molar refractivity (Wildman–Crippen MR) is 80.1 cm³/mol. The average molecular weight is 284 g/mol. The normalized spacial score (nSPS) is 15.6. The van der Waals surface area contributed by atoms with E-state index in [9.17, 15) is 4.79 Å². The third-order valence-corrected chi connectivity index (χ3v) is 3.20. The number of nitrogens with zero attached hydrogens (tertiary/aromatic N) is 1. The summed E-state index contributed by atoms with van der Waals surface area (Å²) in [6, 6.07) is 7.69. The van der Waals surface area contributed by atoms with Gasteiger partial charge in [-0.15, -0.1) is 12.4 Å². The summed E-state index contributed by atoms with van der Waals surface area (Å²) in [7, 11) is 0. The number of nitrogens with one attached hydrogen (secondary N) is 2. The summed E-state index contributed by atoms with van der Waals surface area (Å²) in [5, 5.41) is 6.29. The highest BCUT2D eigenvalue weighted by Crippen LogP contribution is 2.03. The average Bonchev–Trinajstić information content (AvgIpc) is 2.40. The molecule has 2 N–H and O–H groups in total. The van der Waals surface area contributed by atoms with Gasteiger partial charge in [-0.3, -0.25) is 9.69 Å². The number of rotatable bonds is 4. The Labute approximate surface area is 121 Å². The van der Waals surface area contributed by atoms with Gasteiger partial charge in [0.15, 0.2) is 0 Å². The zero-order valence-corrected chi connectivity index (χ0v) is 12.1. The lowest BCUT2D eigenvalue weighted by Crippen LogP contribution is -2.46. The Kier molecular flexibility index (Phi) is 6.84. The van der Waals surface area contributed by atoms with Crippen LogP contribution in [0, 0.1) is 6.92 Å². The molecule has 0 spiro atoms. The standard InChI is InChI=1S/C14H21N3O.ClH/c1-12-3-2-4-13(11-12)14(18)16-7-10-17-8-5-15-6-9-17;/h2-4,11,15H,5-10H2,1H3,(H,16,18);1H. The van der Waals surface area contributed by atoms with Crippen molar-refractivity contribution in [2.45, 2.75) is 6.92 Å². The molecule has 1 aliphatic rings. The van der Waals surface area contributed by atoms with Crippen LogP contribution in [0.25, 0.3) is 0 Å². The van der Waals surface area contributed by atoms with Crippen molar-refractivity contribution in [1.29, 1.82) is 0 Å². The van der Waals surface area contributed by atoms with Crippen LogP contribution in [-0.2, 0) is 0 Å². The van der Waals surface area contributed by atoms with Crippen molar-refractivity contribution in [3.8, 4) is 0 Å². The van der Waals surface area contributed by atoms with Crippen molar-refractivity contribution in [2.24, 2.45) is 0 Å². The lowest BCUT2D eigenvalue weighted by atomic mass is 10.1. The third-order valence-electron chi connectivity index (χ3n) is 3.20. The highest BCUT2D eigenvalue weighted by Gasteiger charge is 2.10. The Morgan fingerprint density at radius 2 is 2.11 bits per heavy atom. The summed E-state index contributed by atoms with van der Waals surface area (Å²) in [6.07, 6.45) is 0. The Morgan fingerprint density at radius 1 is 1.37 bits per heavy atom. The maximum atomic E-state index is 11.9. The lowest BCUT2D eigenvalue weighted by Gasteiger charge is -2.27. The summed E-state index contributed by atoms with van der Waals surface area (Å²) in [4.78, 5) is 14.3. The van der Waals surface area contributed by atoms with E-state index in [1.54, 1.807) is 0 Å². The van der Waals surface area contributed by atoms with Crippen LogP contribution in [0.5, 0.6) is 0 Å². The minimum absolute atomic E-state index is 0. The molecule has 2 rings (SSSR count). The SMILES string of the molecule is Cc1cccc(C(=O)NCCN2CCNCC2)c1.Cl. The molecule has 106 valence electrons. The number of amides is 1. The Morgan fingerprint density at radius 3 is 2.79 bits per heavy atom. The van der Waals surface area contributed by atoms with E-state index in [2.05, 4.69) is 15.5 Å². The molecule has 5 heteroatoms. The molecule has 0 aromatic heterocycles. The Bertz CT molecular complexity index is 405. The fraction of sp³-hybridized carbons (Fsp3) is 0.500. The number of piperazine rings is 1. The molecule has 1 heterocycles.